The number of ether oxygens (including phenoxy) is 2. The largest absolute Gasteiger partial charge is 0.454 e. The fourth-order valence-electron chi connectivity index (χ4n) is 6.55. The summed E-state index contributed by atoms with van der Waals surface area (Å²) in [5, 5.41) is 8.20. The molecule has 0 saturated carbocycles. The minimum absolute atomic E-state index is 0.210. The van der Waals surface area contributed by atoms with E-state index in [0.29, 0.717) is 69.6 Å². The molecule has 0 unspecified atom stereocenters. The van der Waals surface area contributed by atoms with Crippen LogP contribution >= 0.6 is 11.6 Å². The molecule has 0 spiro atoms. The molecule has 63 heavy (non-hydrogen) atoms. The molecule has 6 heterocycles. The van der Waals surface area contributed by atoms with Crippen LogP contribution in [0.2, 0.25) is 5.15 Å². The molecule has 1 aliphatic heterocycles. The first-order chi connectivity index (χ1) is 30.6. The lowest BCUT2D eigenvalue weighted by Crippen LogP contribution is -2.02. The summed E-state index contributed by atoms with van der Waals surface area (Å²) >= 11 is 5.96. The van der Waals surface area contributed by atoms with Crippen molar-refractivity contribution in [2.45, 2.75) is 25.9 Å². The number of hydrogen-bond donors (Lipinski definition) is 2. The van der Waals surface area contributed by atoms with Crippen molar-refractivity contribution in [1.82, 2.24) is 29.9 Å². The molecule has 1 saturated heterocycles. The Morgan fingerprint density at radius 3 is 1.52 bits per heavy atom. The van der Waals surface area contributed by atoms with Crippen LogP contribution in [0.25, 0.3) is 33.3 Å². The molecule has 0 amide bonds. The van der Waals surface area contributed by atoms with Crippen molar-refractivity contribution in [2.24, 2.45) is 0 Å². The first kappa shape index (κ1) is 41.2. The number of sulfone groups is 2. The van der Waals surface area contributed by atoms with Crippen LogP contribution in [0.15, 0.2) is 183 Å². The van der Waals surface area contributed by atoms with Gasteiger partial charge in [0.05, 0.1) is 56.2 Å². The van der Waals surface area contributed by atoms with Crippen LogP contribution in [0, 0.1) is 0 Å². The highest BCUT2D eigenvalue weighted by Gasteiger charge is 2.23. The Labute approximate surface area is 365 Å². The summed E-state index contributed by atoms with van der Waals surface area (Å²) in [6, 6.07) is 36.8. The van der Waals surface area contributed by atoms with Gasteiger partial charge in [-0.05, 0) is 97.1 Å². The normalized spacial score (nSPS) is 13.1. The molecule has 10 rings (SSSR count). The number of benzene rings is 4. The van der Waals surface area contributed by atoms with Gasteiger partial charge in [0.2, 0.25) is 26.0 Å². The fourth-order valence-corrected chi connectivity index (χ4v) is 9.27. The Morgan fingerprint density at radius 1 is 0.524 bits per heavy atom. The highest BCUT2D eigenvalue weighted by Crippen LogP contribution is 2.32. The molecular weight excluding hydrogens is 864 g/mol. The molecule has 314 valence electrons. The number of fused-ring (bicyclic) bond motifs is 2. The van der Waals surface area contributed by atoms with Gasteiger partial charge >= 0.3 is 0 Å². The molecule has 9 aromatic rings. The van der Waals surface area contributed by atoms with E-state index >= 15 is 0 Å². The van der Waals surface area contributed by atoms with Crippen molar-refractivity contribution in [3.8, 4) is 11.5 Å². The van der Waals surface area contributed by atoms with Crippen molar-refractivity contribution in [3.63, 3.8) is 0 Å². The van der Waals surface area contributed by atoms with Gasteiger partial charge in [-0.2, -0.15) is 0 Å². The molecule has 0 radical (unpaired) electrons. The zero-order valence-electron chi connectivity index (χ0n) is 32.7. The van der Waals surface area contributed by atoms with E-state index in [1.807, 2.05) is 18.2 Å². The average molecular weight is 897 g/mol. The Balaban J connectivity index is 0.000000167. The fraction of sp³-hybridized carbons (Fsp3) is 0.0667. The summed E-state index contributed by atoms with van der Waals surface area (Å²) in [4.78, 5) is 26.5. The van der Waals surface area contributed by atoms with Crippen molar-refractivity contribution in [3.05, 3.63) is 169 Å². The van der Waals surface area contributed by atoms with Gasteiger partial charge in [0.1, 0.15) is 35.1 Å². The van der Waals surface area contributed by atoms with Crippen molar-refractivity contribution in [2.75, 3.05) is 23.8 Å². The summed E-state index contributed by atoms with van der Waals surface area (Å²) in [5.41, 5.74) is 3.27. The molecule has 0 bridgehead atoms. The molecule has 15 nitrogen and oxygen atoms in total. The van der Waals surface area contributed by atoms with E-state index in [1.165, 1.54) is 12.7 Å². The minimum Gasteiger partial charge on any atom is -0.454 e. The number of furan rings is 1. The highest BCUT2D eigenvalue weighted by atomic mass is 35.5. The predicted octanol–water partition coefficient (Wildman–Crippen LogP) is 9.16. The van der Waals surface area contributed by atoms with E-state index in [4.69, 9.17) is 25.5 Å². The first-order valence-corrected chi connectivity index (χ1v) is 22.5. The van der Waals surface area contributed by atoms with E-state index in [9.17, 15) is 16.8 Å². The molecule has 1 fully saturated rings. The van der Waals surface area contributed by atoms with Crippen LogP contribution in [0.3, 0.4) is 0 Å². The summed E-state index contributed by atoms with van der Waals surface area (Å²) in [5.74, 6) is 2.26. The molecular formula is C45H33ClN8O7S2. The zero-order chi connectivity index (χ0) is 43.4. The number of hydrogen-bond acceptors (Lipinski definition) is 15. The first-order valence-electron chi connectivity index (χ1n) is 19.2. The summed E-state index contributed by atoms with van der Waals surface area (Å²) in [6.07, 6.45) is 5.58. The lowest BCUT2D eigenvalue weighted by Gasteiger charge is -2.10. The predicted molar refractivity (Wildman–Crippen MR) is 235 cm³/mol. The maximum absolute atomic E-state index is 12.9. The second kappa shape index (κ2) is 17.7. The maximum atomic E-state index is 12.9. The molecule has 2 N–H and O–H groups in total. The summed E-state index contributed by atoms with van der Waals surface area (Å²) < 4.78 is 67.9. The van der Waals surface area contributed by atoms with E-state index in [0.717, 1.165) is 10.8 Å². The SMILES string of the molecule is O=S(=O)(c1ccccc1)c1ccc(Nc2ncnc3cnc(-c4ccc(C5OCCO5)o4)cc23)cc1.O=S(=O)(c1ccccc1)c1ccc(Nc2ncnc3cnc(Cl)cc23)cc1. The number of nitrogens with one attached hydrogen (secondary N) is 2. The quantitative estimate of drug-likeness (QED) is 0.123. The lowest BCUT2D eigenvalue weighted by molar-refractivity contribution is -0.0585. The van der Waals surface area contributed by atoms with Crippen LogP contribution < -0.4 is 10.6 Å². The van der Waals surface area contributed by atoms with Gasteiger partial charge < -0.3 is 24.5 Å². The maximum Gasteiger partial charge on any atom is 0.217 e. The topological polar surface area (TPSA) is 201 Å². The smallest absolute Gasteiger partial charge is 0.217 e. The van der Waals surface area contributed by atoms with Gasteiger partial charge in [0.15, 0.2) is 11.5 Å². The molecule has 0 atom stereocenters. The number of aromatic nitrogens is 6. The third-order valence-corrected chi connectivity index (χ3v) is 13.5. The van der Waals surface area contributed by atoms with E-state index in [2.05, 4.69) is 40.5 Å². The molecule has 1 aliphatic rings. The Morgan fingerprint density at radius 2 is 1.00 bits per heavy atom. The molecule has 5 aromatic heterocycles. The number of pyridine rings is 2. The number of rotatable bonds is 10. The standard InChI is InChI=1S/C26H20N4O5S.C19H13ClN4O2S/c31-36(32,18-4-2-1-3-5-18)19-8-6-17(7-9-19)30-25-20-14-21(27-15-22(20)28-16-29-25)23-10-11-24(35-23)26-33-12-13-34-26;20-18-10-16-17(11-21-18)22-12-23-19(16)24-13-6-8-15(9-7-13)27(25,26)14-4-2-1-3-5-14/h1-11,14-16,26H,12-13H2,(H,28,29,30);1-12H,(H,22,23,24). The third kappa shape index (κ3) is 8.95. The van der Waals surface area contributed by atoms with Crippen LogP contribution in [-0.4, -0.2) is 60.0 Å². The molecule has 0 aliphatic carbocycles. The van der Waals surface area contributed by atoms with Gasteiger partial charge in [-0.1, -0.05) is 48.0 Å². The lowest BCUT2D eigenvalue weighted by atomic mass is 10.2. The summed E-state index contributed by atoms with van der Waals surface area (Å²) in [6.45, 7) is 1.06. The number of anilines is 4. The van der Waals surface area contributed by atoms with Gasteiger partial charge in [-0.3, -0.25) is 4.98 Å². The Bertz CT molecular complexity index is 3290. The third-order valence-electron chi connectivity index (χ3n) is 9.71. The van der Waals surface area contributed by atoms with Gasteiger partial charge in [0.25, 0.3) is 0 Å². The zero-order valence-corrected chi connectivity index (χ0v) is 35.1. The van der Waals surface area contributed by atoms with Gasteiger partial charge in [-0.15, -0.1) is 0 Å². The molecule has 18 heteroatoms. The summed E-state index contributed by atoms with van der Waals surface area (Å²) in [7, 11) is -7.14. The average Bonchev–Trinajstić information content (AvgIpc) is 4.05. The Kier molecular flexibility index (Phi) is 11.6. The second-order valence-corrected chi connectivity index (χ2v) is 18.0. The highest BCUT2D eigenvalue weighted by molar-refractivity contribution is 7.91. The van der Waals surface area contributed by atoms with Crippen molar-refractivity contribution < 1.29 is 30.7 Å². The van der Waals surface area contributed by atoms with Crippen molar-refractivity contribution in [1.29, 1.82) is 0 Å². The van der Waals surface area contributed by atoms with E-state index in [1.54, 1.807) is 128 Å². The second-order valence-electron chi connectivity index (χ2n) is 13.8. The minimum atomic E-state index is -3.59. The van der Waals surface area contributed by atoms with Crippen molar-refractivity contribution >= 4 is 76.1 Å². The van der Waals surface area contributed by atoms with Gasteiger partial charge in [0, 0.05) is 22.1 Å². The van der Waals surface area contributed by atoms with E-state index < -0.39 is 26.0 Å². The number of halogens is 1. The van der Waals surface area contributed by atoms with Gasteiger partial charge in [-0.25, -0.2) is 41.8 Å². The number of nitrogens with zero attached hydrogens (tertiary/aromatic N) is 6. The van der Waals surface area contributed by atoms with Crippen LogP contribution in [0.4, 0.5) is 23.0 Å². The van der Waals surface area contributed by atoms with Crippen LogP contribution in [0.5, 0.6) is 0 Å². The monoisotopic (exact) mass is 896 g/mol. The van der Waals surface area contributed by atoms with E-state index in [-0.39, 0.29) is 19.6 Å². The Hall–Kier alpha value is -7.15. The molecule has 4 aromatic carbocycles. The van der Waals surface area contributed by atoms with Crippen LogP contribution in [-0.2, 0) is 29.1 Å². The van der Waals surface area contributed by atoms with Crippen LogP contribution in [0.1, 0.15) is 12.1 Å².